The topological polar surface area (TPSA) is 57.2 Å². The predicted octanol–water partition coefficient (Wildman–Crippen LogP) is 3.88. The molecule has 0 bridgehead atoms. The zero-order valence-corrected chi connectivity index (χ0v) is 16.2. The molecule has 2 fully saturated rings. The molecule has 1 aliphatic carbocycles. The zero-order valence-electron chi connectivity index (χ0n) is 13.2. The van der Waals surface area contributed by atoms with Crippen molar-refractivity contribution in [2.24, 2.45) is 0 Å². The molecule has 0 aromatic heterocycles. The first kappa shape index (κ1) is 18.6. The molecule has 0 N–H and O–H groups in total. The molecule has 1 saturated heterocycles. The summed E-state index contributed by atoms with van der Waals surface area (Å²) in [6.45, 7) is 7.06. The Morgan fingerprint density at radius 1 is 1.14 bits per heavy atom. The normalized spacial score (nSPS) is 26.6. The Kier molecular flexibility index (Phi) is 7.06. The Morgan fingerprint density at radius 2 is 1.77 bits per heavy atom. The highest BCUT2D eigenvalue weighted by atomic mass is 127. The molecule has 1 amide bonds. The van der Waals surface area contributed by atoms with E-state index in [2.05, 4.69) is 0 Å². The Labute approximate surface area is 150 Å². The fourth-order valence-corrected chi connectivity index (χ4v) is 3.10. The molecular weight excluding hydrogens is 421 g/mol. The summed E-state index contributed by atoms with van der Waals surface area (Å²) in [7, 11) is 0. The molecule has 0 aromatic rings. The molecule has 128 valence electrons. The number of likely N-dealkylation sites (tertiary alicyclic amines) is 1. The molecule has 1 aliphatic heterocycles. The van der Waals surface area contributed by atoms with Gasteiger partial charge >= 0.3 is 6.09 Å². The molecule has 0 unspecified atom stereocenters. The lowest BCUT2D eigenvalue weighted by Gasteiger charge is -2.39. The molecule has 6 nitrogen and oxygen atoms in total. The molecule has 0 spiro atoms. The Morgan fingerprint density at radius 3 is 2.32 bits per heavy atom. The Balaban J connectivity index is 1.61. The van der Waals surface area contributed by atoms with Gasteiger partial charge in [0, 0.05) is 25.9 Å². The second kappa shape index (κ2) is 8.36. The standard InChI is InChI=1S/C14H24INO5S/c1-14(2,3)19-13(17)16-6-4-10(5-7-16)18-11-8-12(9-11)20-22-21-15/h10-12H,4-9H2,1-3H3. The number of halogens is 1. The van der Waals surface area contributed by atoms with Gasteiger partial charge in [0.2, 0.25) is 0 Å². The van der Waals surface area contributed by atoms with Gasteiger partial charge in [-0.25, -0.2) is 7.31 Å². The summed E-state index contributed by atoms with van der Waals surface area (Å²) in [5.41, 5.74) is -0.439. The van der Waals surface area contributed by atoms with E-state index in [0.29, 0.717) is 13.1 Å². The highest BCUT2D eigenvalue weighted by molar-refractivity contribution is 14.1. The molecule has 22 heavy (non-hydrogen) atoms. The Hall–Kier alpha value is 0.230. The number of hydrogen-bond donors (Lipinski definition) is 0. The van der Waals surface area contributed by atoms with Crippen molar-refractivity contribution in [3.63, 3.8) is 0 Å². The van der Waals surface area contributed by atoms with Gasteiger partial charge in [0.25, 0.3) is 0 Å². The van der Waals surface area contributed by atoms with E-state index in [-0.39, 0.29) is 24.4 Å². The van der Waals surface area contributed by atoms with Gasteiger partial charge in [-0.15, -0.1) is 0 Å². The third kappa shape index (κ3) is 6.03. The van der Waals surface area contributed by atoms with E-state index in [1.165, 1.54) is 0 Å². The number of ether oxygens (including phenoxy) is 2. The van der Waals surface area contributed by atoms with Crippen LogP contribution >= 0.6 is 35.3 Å². The SMILES string of the molecule is CC(C)(C)OC(=O)N1CCC(OC2CC(OSOI)C2)CC1. The summed E-state index contributed by atoms with van der Waals surface area (Å²) in [6.07, 6.45) is 4.08. The molecule has 2 aliphatic rings. The maximum Gasteiger partial charge on any atom is 0.410 e. The van der Waals surface area contributed by atoms with Crippen LogP contribution in [-0.2, 0) is 16.2 Å². The van der Waals surface area contributed by atoms with Crippen molar-refractivity contribution in [2.45, 2.75) is 70.4 Å². The largest absolute Gasteiger partial charge is 0.444 e. The second-order valence-corrected chi connectivity index (χ2v) is 8.28. The van der Waals surface area contributed by atoms with Crippen LogP contribution in [0, 0.1) is 0 Å². The minimum Gasteiger partial charge on any atom is -0.444 e. The predicted molar refractivity (Wildman–Crippen MR) is 92.5 cm³/mol. The number of carbonyl (C=O) groups is 1. The fraction of sp³-hybridized carbons (Fsp3) is 0.929. The fourth-order valence-electron chi connectivity index (χ4n) is 2.55. The third-order valence-corrected chi connectivity index (χ3v) is 4.57. The minimum atomic E-state index is -0.439. The van der Waals surface area contributed by atoms with Crippen LogP contribution < -0.4 is 0 Å². The van der Waals surface area contributed by atoms with Gasteiger partial charge in [-0.1, -0.05) is 0 Å². The summed E-state index contributed by atoms with van der Waals surface area (Å²) in [4.78, 5) is 13.8. The first-order valence-electron chi connectivity index (χ1n) is 7.61. The molecule has 0 aromatic carbocycles. The number of piperidine rings is 1. The van der Waals surface area contributed by atoms with Gasteiger partial charge in [-0.05, 0) is 33.6 Å². The minimum absolute atomic E-state index is 0.223. The lowest BCUT2D eigenvalue weighted by Crippen LogP contribution is -2.46. The molecule has 0 atom stereocenters. The van der Waals surface area contributed by atoms with Crippen LogP contribution in [0.15, 0.2) is 0 Å². The van der Waals surface area contributed by atoms with E-state index in [1.54, 1.807) is 27.9 Å². The number of nitrogens with zero attached hydrogens (tertiary/aromatic N) is 1. The lowest BCUT2D eigenvalue weighted by atomic mass is 9.91. The molecule has 8 heteroatoms. The van der Waals surface area contributed by atoms with Crippen molar-refractivity contribution in [2.75, 3.05) is 13.1 Å². The van der Waals surface area contributed by atoms with Crippen LogP contribution in [0.1, 0.15) is 46.5 Å². The highest BCUT2D eigenvalue weighted by Crippen LogP contribution is 2.32. The summed E-state index contributed by atoms with van der Waals surface area (Å²) in [5, 5.41) is 0. The average Bonchev–Trinajstić information content (AvgIpc) is 2.40. The van der Waals surface area contributed by atoms with Crippen LogP contribution in [0.4, 0.5) is 4.79 Å². The van der Waals surface area contributed by atoms with Gasteiger partial charge in [0.05, 0.1) is 18.3 Å². The second-order valence-electron chi connectivity index (χ2n) is 6.75. The lowest BCUT2D eigenvalue weighted by molar-refractivity contribution is -0.107. The van der Waals surface area contributed by atoms with Crippen molar-refractivity contribution in [1.29, 1.82) is 0 Å². The van der Waals surface area contributed by atoms with E-state index in [0.717, 1.165) is 38.0 Å². The van der Waals surface area contributed by atoms with E-state index < -0.39 is 5.60 Å². The molecular formula is C14H24INO5S. The highest BCUT2D eigenvalue weighted by Gasteiger charge is 2.35. The summed E-state index contributed by atoms with van der Waals surface area (Å²) in [5.74, 6) is 0. The first-order valence-corrected chi connectivity index (χ1v) is 9.16. The van der Waals surface area contributed by atoms with Crippen LogP contribution in [0.2, 0.25) is 0 Å². The smallest absolute Gasteiger partial charge is 0.410 e. The quantitative estimate of drug-likeness (QED) is 0.473. The number of rotatable bonds is 5. The molecule has 0 radical (unpaired) electrons. The summed E-state index contributed by atoms with van der Waals surface area (Å²) in [6, 6.07) is 0. The van der Waals surface area contributed by atoms with Crippen LogP contribution in [-0.4, -0.2) is 48.0 Å². The summed E-state index contributed by atoms with van der Waals surface area (Å²) >= 11 is 2.81. The molecule has 1 heterocycles. The average molecular weight is 445 g/mol. The maximum atomic E-state index is 12.0. The van der Waals surface area contributed by atoms with E-state index >= 15 is 0 Å². The Bertz CT molecular complexity index is 365. The van der Waals surface area contributed by atoms with Gasteiger partial charge in [0.15, 0.2) is 12.3 Å². The maximum absolute atomic E-state index is 12.0. The number of amides is 1. The van der Waals surface area contributed by atoms with Gasteiger partial charge in [-0.2, -0.15) is 0 Å². The van der Waals surface area contributed by atoms with Crippen molar-refractivity contribution in [1.82, 2.24) is 4.90 Å². The van der Waals surface area contributed by atoms with Gasteiger partial charge in [0.1, 0.15) is 28.6 Å². The summed E-state index contributed by atoms with van der Waals surface area (Å²) < 4.78 is 21.6. The van der Waals surface area contributed by atoms with Crippen molar-refractivity contribution in [3.05, 3.63) is 0 Å². The van der Waals surface area contributed by atoms with Crippen molar-refractivity contribution < 1.29 is 21.0 Å². The van der Waals surface area contributed by atoms with Crippen molar-refractivity contribution >= 4 is 41.4 Å². The van der Waals surface area contributed by atoms with Gasteiger partial charge < -0.3 is 14.4 Å². The third-order valence-electron chi connectivity index (χ3n) is 3.73. The van der Waals surface area contributed by atoms with Crippen molar-refractivity contribution in [3.8, 4) is 0 Å². The monoisotopic (exact) mass is 445 g/mol. The first-order chi connectivity index (χ1) is 10.4. The van der Waals surface area contributed by atoms with Crippen LogP contribution in [0.5, 0.6) is 0 Å². The molecule has 2 rings (SSSR count). The van der Waals surface area contributed by atoms with E-state index in [9.17, 15) is 4.79 Å². The number of hydrogen-bond acceptors (Lipinski definition) is 6. The van der Waals surface area contributed by atoms with Gasteiger partial charge in [-0.3, -0.25) is 4.18 Å². The molecule has 1 saturated carbocycles. The van der Waals surface area contributed by atoms with Crippen LogP contribution in [0.25, 0.3) is 0 Å². The van der Waals surface area contributed by atoms with E-state index in [4.69, 9.17) is 16.2 Å². The van der Waals surface area contributed by atoms with Crippen LogP contribution in [0.3, 0.4) is 0 Å². The van der Waals surface area contributed by atoms with E-state index in [1.807, 2.05) is 20.8 Å². The number of carbonyl (C=O) groups excluding carboxylic acids is 1. The zero-order chi connectivity index (χ0) is 16.2.